The summed E-state index contributed by atoms with van der Waals surface area (Å²) in [5.41, 5.74) is 7.07. The van der Waals surface area contributed by atoms with E-state index in [0.717, 1.165) is 15.7 Å². The zero-order valence-electron chi connectivity index (χ0n) is 8.12. The van der Waals surface area contributed by atoms with Gasteiger partial charge in [0.2, 0.25) is 0 Å². The molecule has 0 saturated carbocycles. The van der Waals surface area contributed by atoms with Crippen molar-refractivity contribution < 1.29 is 0 Å². The number of benzene rings is 1. The van der Waals surface area contributed by atoms with Crippen molar-refractivity contribution in [2.75, 3.05) is 11.1 Å². The van der Waals surface area contributed by atoms with Crippen molar-refractivity contribution in [3.05, 3.63) is 34.3 Å². The number of rotatable bonds is 2. The van der Waals surface area contributed by atoms with Crippen LogP contribution >= 0.6 is 22.9 Å². The third kappa shape index (κ3) is 2.40. The number of hydrogen-bond acceptors (Lipinski definition) is 4. The first kappa shape index (κ1) is 10.3. The van der Waals surface area contributed by atoms with E-state index in [1.165, 1.54) is 0 Å². The lowest BCUT2D eigenvalue weighted by Gasteiger charge is -2.05. The van der Waals surface area contributed by atoms with Crippen LogP contribution in [0.3, 0.4) is 0 Å². The molecule has 1 heterocycles. The Labute approximate surface area is 96.9 Å². The van der Waals surface area contributed by atoms with Gasteiger partial charge < -0.3 is 11.1 Å². The van der Waals surface area contributed by atoms with Crippen LogP contribution < -0.4 is 11.1 Å². The maximum Gasteiger partial charge on any atom is 0.187 e. The highest BCUT2D eigenvalue weighted by atomic mass is 35.5. The maximum atomic E-state index is 6.02. The van der Waals surface area contributed by atoms with E-state index in [4.69, 9.17) is 17.3 Å². The van der Waals surface area contributed by atoms with Gasteiger partial charge in [-0.3, -0.25) is 0 Å². The highest BCUT2D eigenvalue weighted by molar-refractivity contribution is 7.15. The van der Waals surface area contributed by atoms with E-state index in [1.54, 1.807) is 23.5 Å². The van der Waals surface area contributed by atoms with Gasteiger partial charge in [-0.2, -0.15) is 0 Å². The van der Waals surface area contributed by atoms with Gasteiger partial charge in [0.25, 0.3) is 0 Å². The molecule has 0 unspecified atom stereocenters. The van der Waals surface area contributed by atoms with E-state index in [9.17, 15) is 0 Å². The number of halogens is 1. The second-order valence-electron chi connectivity index (χ2n) is 3.14. The Balaban J connectivity index is 2.24. The summed E-state index contributed by atoms with van der Waals surface area (Å²) >= 11 is 7.60. The summed E-state index contributed by atoms with van der Waals surface area (Å²) in [6.07, 6.45) is 1.82. The lowest BCUT2D eigenvalue weighted by molar-refractivity contribution is 1.37. The molecule has 2 rings (SSSR count). The molecular formula is C10H10ClN3S. The summed E-state index contributed by atoms with van der Waals surface area (Å²) in [5, 5.41) is 4.57. The molecule has 0 bridgehead atoms. The molecule has 0 fully saturated rings. The molecule has 0 amide bonds. The molecule has 0 aliphatic rings. The van der Waals surface area contributed by atoms with E-state index in [2.05, 4.69) is 10.3 Å². The van der Waals surface area contributed by atoms with Gasteiger partial charge in [0, 0.05) is 16.8 Å². The largest absolute Gasteiger partial charge is 0.399 e. The van der Waals surface area contributed by atoms with Crippen LogP contribution in [-0.4, -0.2) is 4.98 Å². The Morgan fingerprint density at radius 3 is 2.87 bits per heavy atom. The molecule has 15 heavy (non-hydrogen) atoms. The Morgan fingerprint density at radius 1 is 1.47 bits per heavy atom. The fourth-order valence-corrected chi connectivity index (χ4v) is 2.07. The van der Waals surface area contributed by atoms with Gasteiger partial charge in [-0.05, 0) is 25.1 Å². The summed E-state index contributed by atoms with van der Waals surface area (Å²) in [6, 6.07) is 5.35. The molecule has 0 spiro atoms. The number of nitrogens with two attached hydrogens (primary N) is 1. The van der Waals surface area contributed by atoms with Gasteiger partial charge in [0.1, 0.15) is 0 Å². The van der Waals surface area contributed by atoms with Crippen LogP contribution in [0.4, 0.5) is 16.5 Å². The molecule has 0 atom stereocenters. The predicted molar refractivity (Wildman–Crippen MR) is 66.0 cm³/mol. The molecule has 0 aliphatic carbocycles. The Hall–Kier alpha value is -1.26. The Kier molecular flexibility index (Phi) is 2.79. The molecule has 78 valence electrons. The molecule has 5 heteroatoms. The fourth-order valence-electron chi connectivity index (χ4n) is 1.16. The van der Waals surface area contributed by atoms with Crippen molar-refractivity contribution in [2.24, 2.45) is 0 Å². The molecule has 1 aromatic heterocycles. The lowest BCUT2D eigenvalue weighted by Crippen LogP contribution is -1.91. The summed E-state index contributed by atoms with van der Waals surface area (Å²) in [5.74, 6) is 0. The van der Waals surface area contributed by atoms with Crippen molar-refractivity contribution in [2.45, 2.75) is 6.92 Å². The second kappa shape index (κ2) is 4.08. The third-order valence-electron chi connectivity index (χ3n) is 1.86. The van der Waals surface area contributed by atoms with E-state index in [1.807, 2.05) is 19.2 Å². The summed E-state index contributed by atoms with van der Waals surface area (Å²) < 4.78 is 0. The quantitative estimate of drug-likeness (QED) is 0.790. The number of aromatic nitrogens is 1. The molecule has 0 aliphatic heterocycles. The molecule has 0 saturated heterocycles. The van der Waals surface area contributed by atoms with Crippen molar-refractivity contribution >= 4 is 39.4 Å². The molecule has 3 nitrogen and oxygen atoms in total. The number of thiazole rings is 1. The van der Waals surface area contributed by atoms with Gasteiger partial charge in [-0.15, -0.1) is 11.3 Å². The van der Waals surface area contributed by atoms with E-state index in [-0.39, 0.29) is 0 Å². The lowest BCUT2D eigenvalue weighted by atomic mass is 10.3. The highest BCUT2D eigenvalue weighted by Crippen LogP contribution is 2.28. The van der Waals surface area contributed by atoms with Crippen molar-refractivity contribution in [1.29, 1.82) is 0 Å². The number of nitrogen functional groups attached to an aromatic ring is 1. The minimum Gasteiger partial charge on any atom is -0.399 e. The van der Waals surface area contributed by atoms with Crippen LogP contribution in [0, 0.1) is 6.92 Å². The monoisotopic (exact) mass is 239 g/mol. The van der Waals surface area contributed by atoms with Gasteiger partial charge in [-0.1, -0.05) is 11.6 Å². The second-order valence-corrected chi connectivity index (χ2v) is 4.78. The highest BCUT2D eigenvalue weighted by Gasteiger charge is 2.03. The first-order valence-electron chi connectivity index (χ1n) is 4.39. The normalized spacial score (nSPS) is 10.3. The topological polar surface area (TPSA) is 50.9 Å². The van der Waals surface area contributed by atoms with Crippen LogP contribution in [0.2, 0.25) is 5.02 Å². The zero-order valence-corrected chi connectivity index (χ0v) is 9.69. The smallest absolute Gasteiger partial charge is 0.187 e. The fraction of sp³-hybridized carbons (Fsp3) is 0.100. The van der Waals surface area contributed by atoms with E-state index < -0.39 is 0 Å². The first-order chi connectivity index (χ1) is 7.15. The van der Waals surface area contributed by atoms with Gasteiger partial charge in [-0.25, -0.2) is 4.98 Å². The van der Waals surface area contributed by atoms with Gasteiger partial charge in [0.05, 0.1) is 10.7 Å². The van der Waals surface area contributed by atoms with Crippen LogP contribution in [-0.2, 0) is 0 Å². The van der Waals surface area contributed by atoms with Crippen LogP contribution in [0.25, 0.3) is 0 Å². The standard InChI is InChI=1S/C10H10ClN3S/c1-6-5-13-10(15-6)14-9-3-2-7(12)4-8(9)11/h2-5H,12H2,1H3,(H,13,14). The predicted octanol–water partition coefficient (Wildman–Crippen LogP) is 3.43. The van der Waals surface area contributed by atoms with Crippen molar-refractivity contribution in [3.8, 4) is 0 Å². The third-order valence-corrected chi connectivity index (χ3v) is 3.00. The molecule has 3 N–H and O–H groups in total. The summed E-state index contributed by atoms with van der Waals surface area (Å²) in [7, 11) is 0. The van der Waals surface area contributed by atoms with Crippen LogP contribution in [0.1, 0.15) is 4.88 Å². The summed E-state index contributed by atoms with van der Waals surface area (Å²) in [4.78, 5) is 5.35. The number of anilines is 3. The van der Waals surface area contributed by atoms with Crippen molar-refractivity contribution in [3.63, 3.8) is 0 Å². The maximum absolute atomic E-state index is 6.02. The minimum atomic E-state index is 0.600. The van der Waals surface area contributed by atoms with E-state index in [0.29, 0.717) is 10.7 Å². The van der Waals surface area contributed by atoms with Crippen molar-refractivity contribution in [1.82, 2.24) is 4.98 Å². The number of nitrogens with zero attached hydrogens (tertiary/aromatic N) is 1. The molecule has 1 aromatic carbocycles. The average molecular weight is 240 g/mol. The molecule has 2 aromatic rings. The minimum absolute atomic E-state index is 0.600. The van der Waals surface area contributed by atoms with Crippen LogP contribution in [0.5, 0.6) is 0 Å². The number of hydrogen-bond donors (Lipinski definition) is 2. The Morgan fingerprint density at radius 2 is 2.27 bits per heavy atom. The molecule has 0 radical (unpaired) electrons. The SMILES string of the molecule is Cc1cnc(Nc2ccc(N)cc2Cl)s1. The first-order valence-corrected chi connectivity index (χ1v) is 5.59. The summed E-state index contributed by atoms with van der Waals surface area (Å²) in [6.45, 7) is 2.01. The van der Waals surface area contributed by atoms with Crippen LogP contribution in [0.15, 0.2) is 24.4 Å². The number of nitrogens with one attached hydrogen (secondary N) is 1. The average Bonchev–Trinajstić information content (AvgIpc) is 2.56. The zero-order chi connectivity index (χ0) is 10.8. The van der Waals surface area contributed by atoms with Gasteiger partial charge in [0.15, 0.2) is 5.13 Å². The number of aryl methyl sites for hydroxylation is 1. The van der Waals surface area contributed by atoms with Gasteiger partial charge >= 0.3 is 0 Å². The van der Waals surface area contributed by atoms with E-state index >= 15 is 0 Å². The Bertz CT molecular complexity index is 481. The molecular weight excluding hydrogens is 230 g/mol.